The van der Waals surface area contributed by atoms with Crippen molar-refractivity contribution in [1.82, 2.24) is 5.32 Å². The highest BCUT2D eigenvalue weighted by Gasteiger charge is 2.28. The van der Waals surface area contributed by atoms with E-state index in [1.807, 2.05) is 0 Å². The van der Waals surface area contributed by atoms with Crippen LogP contribution in [0.2, 0.25) is 5.02 Å². The fourth-order valence-electron chi connectivity index (χ4n) is 3.00. The van der Waals surface area contributed by atoms with Crippen LogP contribution in [0.25, 0.3) is 0 Å². The van der Waals surface area contributed by atoms with Gasteiger partial charge in [0.25, 0.3) is 10.0 Å². The molecule has 1 N–H and O–H groups in total. The Morgan fingerprint density at radius 2 is 1.62 bits per heavy atom. The maximum Gasteiger partial charge on any atom is 0.264 e. The Kier molecular flexibility index (Phi) is 8.61. The second kappa shape index (κ2) is 11.4. The molecule has 3 aromatic carbocycles. The van der Waals surface area contributed by atoms with Crippen molar-refractivity contribution in [3.05, 3.63) is 95.0 Å². The topological polar surface area (TPSA) is 66.5 Å². The number of nitrogens with zero attached hydrogens (tertiary/aromatic N) is 1. The molecule has 0 aliphatic heterocycles. The minimum Gasteiger partial charge on any atom is -0.354 e. The van der Waals surface area contributed by atoms with Crippen molar-refractivity contribution in [3.8, 4) is 0 Å². The van der Waals surface area contributed by atoms with E-state index < -0.39 is 10.0 Å². The lowest BCUT2D eigenvalue weighted by molar-refractivity contribution is -0.119. The third-order valence-electron chi connectivity index (χ3n) is 4.70. The molecule has 0 fully saturated rings. The molecule has 0 unspecified atom stereocenters. The monoisotopic (exact) mass is 488 g/mol. The lowest BCUT2D eigenvalue weighted by Gasteiger charge is -2.25. The highest BCUT2D eigenvalue weighted by Crippen LogP contribution is 2.30. The van der Waals surface area contributed by atoms with Crippen LogP contribution in [0.15, 0.2) is 83.8 Å². The number of hydrogen-bond donors (Lipinski definition) is 1. The Morgan fingerprint density at radius 3 is 2.31 bits per heavy atom. The number of halogens is 1. The lowest BCUT2D eigenvalue weighted by atomic mass is 10.2. The molecule has 3 rings (SSSR count). The largest absolute Gasteiger partial charge is 0.354 e. The standard InChI is InChI=1S/C24H25ClN2O3S2/c1-19-11-13-20(14-12-19)18-31-16-15-26-24(28)17-27(23-10-6-5-9-22(23)25)32(29,30)21-7-3-2-4-8-21/h2-14H,15-18H2,1H3,(H,26,28). The van der Waals surface area contributed by atoms with Gasteiger partial charge < -0.3 is 5.32 Å². The van der Waals surface area contributed by atoms with Crippen molar-refractivity contribution in [2.45, 2.75) is 17.6 Å². The summed E-state index contributed by atoms with van der Waals surface area (Å²) in [5, 5.41) is 3.07. The molecule has 0 bridgehead atoms. The molecule has 0 saturated heterocycles. The first kappa shape index (κ1) is 24.2. The molecule has 5 nitrogen and oxygen atoms in total. The molecule has 168 valence electrons. The molecule has 3 aromatic rings. The predicted molar refractivity (Wildman–Crippen MR) is 133 cm³/mol. The van der Waals surface area contributed by atoms with Crippen molar-refractivity contribution >= 4 is 45.0 Å². The normalized spacial score (nSPS) is 11.2. The van der Waals surface area contributed by atoms with Crippen LogP contribution in [0.5, 0.6) is 0 Å². The smallest absolute Gasteiger partial charge is 0.264 e. The zero-order valence-electron chi connectivity index (χ0n) is 17.7. The Labute approximate surface area is 198 Å². The zero-order chi connectivity index (χ0) is 23.0. The first-order chi connectivity index (χ1) is 15.4. The van der Waals surface area contributed by atoms with Crippen LogP contribution in [0.3, 0.4) is 0 Å². The summed E-state index contributed by atoms with van der Waals surface area (Å²) >= 11 is 7.97. The summed E-state index contributed by atoms with van der Waals surface area (Å²) in [6.45, 7) is 2.14. The molecule has 0 heterocycles. The van der Waals surface area contributed by atoms with Gasteiger partial charge in [-0.25, -0.2) is 8.42 Å². The summed E-state index contributed by atoms with van der Waals surface area (Å²) in [6, 6.07) is 23.0. The van der Waals surface area contributed by atoms with Gasteiger partial charge >= 0.3 is 0 Å². The quantitative estimate of drug-likeness (QED) is 0.412. The lowest BCUT2D eigenvalue weighted by Crippen LogP contribution is -2.41. The summed E-state index contributed by atoms with van der Waals surface area (Å²) in [5.41, 5.74) is 2.72. The number of benzene rings is 3. The van der Waals surface area contributed by atoms with Crippen LogP contribution in [-0.2, 0) is 20.6 Å². The number of rotatable bonds is 10. The number of amides is 1. The van der Waals surface area contributed by atoms with E-state index in [1.54, 1.807) is 54.2 Å². The highest BCUT2D eigenvalue weighted by molar-refractivity contribution is 7.98. The van der Waals surface area contributed by atoms with Gasteiger partial charge in [-0.05, 0) is 36.8 Å². The van der Waals surface area contributed by atoms with Crippen LogP contribution < -0.4 is 9.62 Å². The van der Waals surface area contributed by atoms with E-state index in [0.717, 1.165) is 15.8 Å². The van der Waals surface area contributed by atoms with E-state index in [-0.39, 0.29) is 28.1 Å². The third kappa shape index (κ3) is 6.51. The summed E-state index contributed by atoms with van der Waals surface area (Å²) in [7, 11) is -3.96. The number of sulfonamides is 1. The maximum atomic E-state index is 13.3. The van der Waals surface area contributed by atoms with Crippen molar-refractivity contribution in [1.29, 1.82) is 0 Å². The Bertz CT molecular complexity index is 1140. The number of nitrogens with one attached hydrogen (secondary N) is 1. The van der Waals surface area contributed by atoms with Gasteiger partial charge in [0.15, 0.2) is 0 Å². The van der Waals surface area contributed by atoms with Gasteiger partial charge in [-0.3, -0.25) is 9.10 Å². The van der Waals surface area contributed by atoms with Gasteiger partial charge in [-0.1, -0.05) is 71.8 Å². The molecule has 0 radical (unpaired) electrons. The molecule has 0 aliphatic carbocycles. The van der Waals surface area contributed by atoms with Crippen LogP contribution in [-0.4, -0.2) is 33.2 Å². The van der Waals surface area contributed by atoms with Crippen LogP contribution in [0.4, 0.5) is 5.69 Å². The highest BCUT2D eigenvalue weighted by atomic mass is 35.5. The van der Waals surface area contributed by atoms with Crippen molar-refractivity contribution < 1.29 is 13.2 Å². The molecular formula is C24H25ClN2O3S2. The zero-order valence-corrected chi connectivity index (χ0v) is 20.1. The van der Waals surface area contributed by atoms with Crippen molar-refractivity contribution in [2.75, 3.05) is 23.1 Å². The number of anilines is 1. The second-order valence-electron chi connectivity index (χ2n) is 7.16. The molecule has 32 heavy (non-hydrogen) atoms. The van der Waals surface area contributed by atoms with Crippen LogP contribution >= 0.6 is 23.4 Å². The number of para-hydroxylation sites is 1. The first-order valence-corrected chi connectivity index (χ1v) is 13.1. The van der Waals surface area contributed by atoms with E-state index >= 15 is 0 Å². The van der Waals surface area contributed by atoms with Gasteiger partial charge in [0.05, 0.1) is 15.6 Å². The molecule has 0 atom stereocenters. The molecular weight excluding hydrogens is 464 g/mol. The number of aryl methyl sites for hydroxylation is 1. The second-order valence-corrected chi connectivity index (χ2v) is 10.5. The van der Waals surface area contributed by atoms with Gasteiger partial charge in [0.2, 0.25) is 5.91 Å². The summed E-state index contributed by atoms with van der Waals surface area (Å²) < 4.78 is 27.6. The van der Waals surface area contributed by atoms with Gasteiger partial charge in [-0.2, -0.15) is 11.8 Å². The SMILES string of the molecule is Cc1ccc(CSCCNC(=O)CN(c2ccccc2Cl)S(=O)(=O)c2ccccc2)cc1. The van der Waals surface area contributed by atoms with E-state index in [0.29, 0.717) is 6.54 Å². The number of carbonyl (C=O) groups is 1. The maximum absolute atomic E-state index is 13.3. The molecule has 0 aromatic heterocycles. The average Bonchev–Trinajstić information content (AvgIpc) is 2.79. The first-order valence-electron chi connectivity index (χ1n) is 10.1. The predicted octanol–water partition coefficient (Wildman–Crippen LogP) is 4.89. The Hall–Kier alpha value is -2.48. The van der Waals surface area contributed by atoms with E-state index in [1.165, 1.54) is 23.3 Å². The van der Waals surface area contributed by atoms with Crippen molar-refractivity contribution in [2.24, 2.45) is 0 Å². The number of thioether (sulfide) groups is 1. The summed E-state index contributed by atoms with van der Waals surface area (Å²) in [4.78, 5) is 12.7. The minimum atomic E-state index is -3.96. The Balaban J connectivity index is 1.62. The van der Waals surface area contributed by atoms with Crippen LogP contribution in [0.1, 0.15) is 11.1 Å². The van der Waals surface area contributed by atoms with Gasteiger partial charge in [0.1, 0.15) is 6.54 Å². The molecule has 0 spiro atoms. The molecule has 0 aliphatic rings. The average molecular weight is 489 g/mol. The van der Waals surface area contributed by atoms with Crippen LogP contribution in [0, 0.1) is 6.92 Å². The summed E-state index contributed by atoms with van der Waals surface area (Å²) in [6.07, 6.45) is 0. The fourth-order valence-corrected chi connectivity index (χ4v) is 5.56. The van der Waals surface area contributed by atoms with Crippen molar-refractivity contribution in [3.63, 3.8) is 0 Å². The van der Waals surface area contributed by atoms with Gasteiger partial charge in [-0.15, -0.1) is 0 Å². The summed E-state index contributed by atoms with van der Waals surface area (Å²) in [5.74, 6) is 1.18. The molecule has 1 amide bonds. The fraction of sp³-hybridized carbons (Fsp3) is 0.208. The third-order valence-corrected chi connectivity index (χ3v) is 7.82. The number of carbonyl (C=O) groups excluding carboxylic acids is 1. The molecule has 8 heteroatoms. The molecule has 0 saturated carbocycles. The van der Waals surface area contributed by atoms with E-state index in [2.05, 4.69) is 36.5 Å². The number of hydrogen-bond acceptors (Lipinski definition) is 4. The Morgan fingerprint density at radius 1 is 0.969 bits per heavy atom. The van der Waals surface area contributed by atoms with E-state index in [4.69, 9.17) is 11.6 Å². The van der Waals surface area contributed by atoms with E-state index in [9.17, 15) is 13.2 Å². The van der Waals surface area contributed by atoms with Gasteiger partial charge in [0, 0.05) is 18.1 Å². The minimum absolute atomic E-state index is 0.0985.